The summed E-state index contributed by atoms with van der Waals surface area (Å²) in [6, 6.07) is 9.08. The minimum absolute atomic E-state index is 0.116. The largest absolute Gasteiger partial charge is 0.370 e. The van der Waals surface area contributed by atoms with Crippen molar-refractivity contribution in [1.29, 1.82) is 0 Å². The van der Waals surface area contributed by atoms with E-state index in [1.807, 2.05) is 31.3 Å². The fraction of sp³-hybridized carbons (Fsp3) is 0.188. The second kappa shape index (κ2) is 6.35. The van der Waals surface area contributed by atoms with Gasteiger partial charge in [-0.2, -0.15) is 9.97 Å². The summed E-state index contributed by atoms with van der Waals surface area (Å²) in [5, 5.41) is 9.93. The lowest BCUT2D eigenvalue weighted by Gasteiger charge is -2.09. The van der Waals surface area contributed by atoms with Gasteiger partial charge >= 0.3 is 0 Å². The number of fused-ring (bicyclic) bond motifs is 1. The Morgan fingerprint density at radius 2 is 1.96 bits per heavy atom. The molecule has 23 heavy (non-hydrogen) atoms. The summed E-state index contributed by atoms with van der Waals surface area (Å²) in [5.74, 6) is 1.15. The normalized spacial score (nSPS) is 10.5. The van der Waals surface area contributed by atoms with Crippen LogP contribution >= 0.6 is 0 Å². The van der Waals surface area contributed by atoms with Gasteiger partial charge in [-0.15, -0.1) is 0 Å². The molecule has 118 valence electrons. The van der Waals surface area contributed by atoms with Crippen molar-refractivity contribution in [1.82, 2.24) is 20.3 Å². The van der Waals surface area contributed by atoms with Crippen molar-refractivity contribution in [2.45, 2.75) is 6.92 Å². The SMILES string of the molecule is CCNc1nc(Nc2ccc(C(=O)NC)cc2)nc2[nH]ccc12. The topological polar surface area (TPSA) is 94.7 Å². The molecule has 0 saturated carbocycles. The van der Waals surface area contributed by atoms with Crippen molar-refractivity contribution in [3.63, 3.8) is 0 Å². The maximum absolute atomic E-state index is 11.5. The molecule has 0 saturated heterocycles. The van der Waals surface area contributed by atoms with Gasteiger partial charge in [-0.25, -0.2) is 0 Å². The Bertz CT molecular complexity index is 824. The second-order valence-electron chi connectivity index (χ2n) is 4.95. The number of anilines is 3. The lowest BCUT2D eigenvalue weighted by molar-refractivity contribution is 0.0963. The lowest BCUT2D eigenvalue weighted by Crippen LogP contribution is -2.17. The molecule has 0 radical (unpaired) electrons. The van der Waals surface area contributed by atoms with Crippen LogP contribution < -0.4 is 16.0 Å². The number of rotatable bonds is 5. The standard InChI is InChI=1S/C16H18N6O/c1-3-18-13-12-8-9-19-14(12)22-16(21-13)20-11-6-4-10(5-7-11)15(23)17-2/h4-9H,3H2,1-2H3,(H,17,23)(H3,18,19,20,21,22). The van der Waals surface area contributed by atoms with Gasteiger partial charge in [-0.3, -0.25) is 4.79 Å². The Morgan fingerprint density at radius 1 is 1.17 bits per heavy atom. The van der Waals surface area contributed by atoms with Crippen LogP contribution in [0.5, 0.6) is 0 Å². The molecule has 0 aliphatic carbocycles. The van der Waals surface area contributed by atoms with Crippen LogP contribution in [-0.4, -0.2) is 34.5 Å². The third kappa shape index (κ3) is 3.08. The molecule has 0 aliphatic heterocycles. The minimum Gasteiger partial charge on any atom is -0.370 e. The van der Waals surface area contributed by atoms with Crippen molar-refractivity contribution in [3.05, 3.63) is 42.1 Å². The van der Waals surface area contributed by atoms with Crippen molar-refractivity contribution < 1.29 is 4.79 Å². The highest BCUT2D eigenvalue weighted by molar-refractivity contribution is 5.94. The van der Waals surface area contributed by atoms with Gasteiger partial charge in [0.05, 0.1) is 5.39 Å². The number of H-pyrrole nitrogens is 1. The fourth-order valence-corrected chi connectivity index (χ4v) is 2.28. The number of nitrogens with zero attached hydrogens (tertiary/aromatic N) is 2. The molecular formula is C16H18N6O. The summed E-state index contributed by atoms with van der Waals surface area (Å²) in [7, 11) is 1.61. The van der Waals surface area contributed by atoms with Crippen molar-refractivity contribution >= 4 is 34.4 Å². The average molecular weight is 310 g/mol. The number of hydrogen-bond acceptors (Lipinski definition) is 5. The van der Waals surface area contributed by atoms with Gasteiger partial charge < -0.3 is 20.9 Å². The van der Waals surface area contributed by atoms with E-state index in [9.17, 15) is 4.79 Å². The lowest BCUT2D eigenvalue weighted by atomic mass is 10.2. The number of carbonyl (C=O) groups is 1. The van der Waals surface area contributed by atoms with Crippen LogP contribution in [0.3, 0.4) is 0 Å². The van der Waals surface area contributed by atoms with E-state index in [1.54, 1.807) is 19.2 Å². The molecule has 2 heterocycles. The zero-order chi connectivity index (χ0) is 16.2. The van der Waals surface area contributed by atoms with Crippen LogP contribution in [0.2, 0.25) is 0 Å². The zero-order valence-corrected chi connectivity index (χ0v) is 13.0. The van der Waals surface area contributed by atoms with Crippen molar-refractivity contribution in [3.8, 4) is 0 Å². The molecule has 0 unspecified atom stereocenters. The quantitative estimate of drug-likeness (QED) is 0.581. The van der Waals surface area contributed by atoms with E-state index in [0.717, 1.165) is 29.1 Å². The average Bonchev–Trinajstić information content (AvgIpc) is 3.04. The maximum Gasteiger partial charge on any atom is 0.251 e. The Kier molecular flexibility index (Phi) is 4.09. The smallest absolute Gasteiger partial charge is 0.251 e. The molecule has 7 heteroatoms. The van der Waals surface area contributed by atoms with E-state index in [0.29, 0.717) is 11.5 Å². The van der Waals surface area contributed by atoms with Gasteiger partial charge in [0.1, 0.15) is 11.5 Å². The first-order valence-electron chi connectivity index (χ1n) is 7.39. The highest BCUT2D eigenvalue weighted by Gasteiger charge is 2.09. The van der Waals surface area contributed by atoms with Crippen LogP contribution in [0.25, 0.3) is 11.0 Å². The molecule has 1 aromatic carbocycles. The van der Waals surface area contributed by atoms with E-state index < -0.39 is 0 Å². The van der Waals surface area contributed by atoms with Crippen LogP contribution in [0.15, 0.2) is 36.5 Å². The molecule has 2 aromatic heterocycles. The Hall–Kier alpha value is -3.09. The third-order valence-electron chi connectivity index (χ3n) is 3.39. The molecule has 0 fully saturated rings. The molecule has 7 nitrogen and oxygen atoms in total. The van der Waals surface area contributed by atoms with Crippen molar-refractivity contribution in [2.75, 3.05) is 24.2 Å². The van der Waals surface area contributed by atoms with Crippen LogP contribution in [0.1, 0.15) is 17.3 Å². The minimum atomic E-state index is -0.116. The van der Waals surface area contributed by atoms with E-state index in [-0.39, 0.29) is 5.91 Å². The third-order valence-corrected chi connectivity index (χ3v) is 3.39. The molecule has 0 bridgehead atoms. The van der Waals surface area contributed by atoms with Gasteiger partial charge in [-0.1, -0.05) is 0 Å². The summed E-state index contributed by atoms with van der Waals surface area (Å²) in [5.41, 5.74) is 2.18. The number of hydrogen-bond donors (Lipinski definition) is 4. The van der Waals surface area contributed by atoms with Gasteiger partial charge in [0.25, 0.3) is 5.91 Å². The Balaban J connectivity index is 1.87. The maximum atomic E-state index is 11.5. The van der Waals surface area contributed by atoms with E-state index in [1.165, 1.54) is 0 Å². The predicted molar refractivity (Wildman–Crippen MR) is 91.2 cm³/mol. The number of aromatic amines is 1. The Morgan fingerprint density at radius 3 is 2.65 bits per heavy atom. The molecular weight excluding hydrogens is 292 g/mol. The first-order chi connectivity index (χ1) is 11.2. The molecule has 0 atom stereocenters. The van der Waals surface area contributed by atoms with Crippen LogP contribution in [0.4, 0.5) is 17.5 Å². The monoisotopic (exact) mass is 310 g/mol. The fourth-order valence-electron chi connectivity index (χ4n) is 2.28. The summed E-state index contributed by atoms with van der Waals surface area (Å²) in [4.78, 5) is 23.6. The highest BCUT2D eigenvalue weighted by Crippen LogP contribution is 2.22. The van der Waals surface area contributed by atoms with Gasteiger partial charge in [0.15, 0.2) is 0 Å². The summed E-state index contributed by atoms with van der Waals surface area (Å²) < 4.78 is 0. The molecule has 1 amide bonds. The first-order valence-corrected chi connectivity index (χ1v) is 7.39. The van der Waals surface area contributed by atoms with Crippen molar-refractivity contribution in [2.24, 2.45) is 0 Å². The van der Waals surface area contributed by atoms with Gasteiger partial charge in [0, 0.05) is 31.0 Å². The molecule has 3 rings (SSSR count). The van der Waals surface area contributed by atoms with E-state index in [4.69, 9.17) is 0 Å². The predicted octanol–water partition coefficient (Wildman–Crippen LogP) is 2.49. The summed E-state index contributed by atoms with van der Waals surface area (Å²) in [6.07, 6.45) is 1.84. The summed E-state index contributed by atoms with van der Waals surface area (Å²) >= 11 is 0. The number of amides is 1. The first kappa shape index (κ1) is 14.8. The molecule has 0 aliphatic rings. The number of carbonyl (C=O) groups excluding carboxylic acids is 1. The molecule has 3 aromatic rings. The molecule has 4 N–H and O–H groups in total. The van der Waals surface area contributed by atoms with Gasteiger partial charge in [0.2, 0.25) is 5.95 Å². The number of nitrogens with one attached hydrogen (secondary N) is 4. The highest BCUT2D eigenvalue weighted by atomic mass is 16.1. The second-order valence-corrected chi connectivity index (χ2v) is 4.95. The Labute approximate surface area is 133 Å². The zero-order valence-electron chi connectivity index (χ0n) is 13.0. The number of benzene rings is 1. The van der Waals surface area contributed by atoms with Crippen LogP contribution in [0, 0.1) is 0 Å². The van der Waals surface area contributed by atoms with E-state index >= 15 is 0 Å². The van der Waals surface area contributed by atoms with E-state index in [2.05, 4.69) is 30.9 Å². The summed E-state index contributed by atoms with van der Waals surface area (Å²) in [6.45, 7) is 2.79. The van der Waals surface area contributed by atoms with Crippen LogP contribution in [-0.2, 0) is 0 Å². The molecule has 0 spiro atoms. The number of aromatic nitrogens is 3. The van der Waals surface area contributed by atoms with Gasteiger partial charge in [-0.05, 0) is 37.3 Å².